The minimum absolute atomic E-state index is 0.353. The number of nitrogens with one attached hydrogen (secondary N) is 1. The van der Waals surface area contributed by atoms with Crippen LogP contribution in [0.2, 0.25) is 0 Å². The molecule has 1 saturated carbocycles. The van der Waals surface area contributed by atoms with Gasteiger partial charge in [-0.15, -0.1) is 0 Å². The van der Waals surface area contributed by atoms with E-state index in [2.05, 4.69) is 20.3 Å². The first-order chi connectivity index (χ1) is 9.26. The van der Waals surface area contributed by atoms with Crippen molar-refractivity contribution in [2.45, 2.75) is 25.7 Å². The number of anilines is 1. The Labute approximate surface area is 111 Å². The fourth-order valence-corrected chi connectivity index (χ4v) is 1.95. The molecule has 5 heteroatoms. The van der Waals surface area contributed by atoms with Crippen molar-refractivity contribution in [3.63, 3.8) is 0 Å². The topological polar surface area (TPSA) is 50.7 Å². The maximum absolute atomic E-state index is 12.9. The highest BCUT2D eigenvalue weighted by Crippen LogP contribution is 2.40. The van der Waals surface area contributed by atoms with Gasteiger partial charge in [0.1, 0.15) is 17.3 Å². The van der Waals surface area contributed by atoms with E-state index in [1.54, 1.807) is 6.07 Å². The molecule has 0 aromatic carbocycles. The van der Waals surface area contributed by atoms with E-state index in [9.17, 15) is 4.39 Å². The molecule has 1 aliphatic carbocycles. The molecule has 0 bridgehead atoms. The summed E-state index contributed by atoms with van der Waals surface area (Å²) in [5.41, 5.74) is 1.65. The lowest BCUT2D eigenvalue weighted by atomic mass is 10.2. The maximum Gasteiger partial charge on any atom is 0.180 e. The molecular formula is C14H15FN4. The molecule has 1 N–H and O–H groups in total. The van der Waals surface area contributed by atoms with E-state index in [4.69, 9.17) is 0 Å². The molecule has 2 heterocycles. The van der Waals surface area contributed by atoms with Crippen molar-refractivity contribution < 1.29 is 4.39 Å². The second-order valence-electron chi connectivity index (χ2n) is 4.67. The lowest BCUT2D eigenvalue weighted by Gasteiger charge is -2.08. The lowest BCUT2D eigenvalue weighted by Crippen LogP contribution is -2.04. The highest BCUT2D eigenvalue weighted by Gasteiger charge is 2.26. The molecule has 19 heavy (non-hydrogen) atoms. The van der Waals surface area contributed by atoms with Crippen molar-refractivity contribution in [2.24, 2.45) is 0 Å². The van der Waals surface area contributed by atoms with Gasteiger partial charge in [0.2, 0.25) is 0 Å². The number of nitrogens with zero attached hydrogens (tertiary/aromatic N) is 3. The van der Waals surface area contributed by atoms with Crippen LogP contribution in [-0.4, -0.2) is 21.5 Å². The summed E-state index contributed by atoms with van der Waals surface area (Å²) in [6, 6.07) is 4.98. The Hall–Kier alpha value is -2.04. The first kappa shape index (κ1) is 12.0. The van der Waals surface area contributed by atoms with Crippen molar-refractivity contribution in [3.05, 3.63) is 35.9 Å². The second-order valence-corrected chi connectivity index (χ2v) is 4.67. The van der Waals surface area contributed by atoms with Crippen LogP contribution in [0.15, 0.2) is 24.4 Å². The fraction of sp³-hybridized carbons (Fsp3) is 0.357. The molecule has 4 nitrogen and oxygen atoms in total. The summed E-state index contributed by atoms with van der Waals surface area (Å²) in [5.74, 6) is 1.55. The summed E-state index contributed by atoms with van der Waals surface area (Å²) in [5, 5.41) is 3.20. The third-order valence-electron chi connectivity index (χ3n) is 3.06. The molecule has 1 aliphatic rings. The Morgan fingerprint density at radius 1 is 1.32 bits per heavy atom. The van der Waals surface area contributed by atoms with E-state index >= 15 is 0 Å². The molecule has 0 unspecified atom stereocenters. The molecule has 0 radical (unpaired) electrons. The van der Waals surface area contributed by atoms with Gasteiger partial charge in [-0.05, 0) is 31.9 Å². The summed E-state index contributed by atoms with van der Waals surface area (Å²) in [7, 11) is 0. The number of hydrogen-bond donors (Lipinski definition) is 1. The number of halogens is 1. The predicted octanol–water partition coefficient (Wildman–Crippen LogP) is 2.99. The molecule has 2 aromatic heterocycles. The van der Waals surface area contributed by atoms with Gasteiger partial charge in [0, 0.05) is 24.2 Å². The van der Waals surface area contributed by atoms with Gasteiger partial charge in [-0.25, -0.2) is 19.3 Å². The van der Waals surface area contributed by atoms with Gasteiger partial charge in [0.05, 0.1) is 6.20 Å². The normalized spacial score (nSPS) is 14.4. The van der Waals surface area contributed by atoms with Crippen molar-refractivity contribution in [2.75, 3.05) is 11.9 Å². The molecule has 0 saturated heterocycles. The van der Waals surface area contributed by atoms with Crippen molar-refractivity contribution in [1.82, 2.24) is 15.0 Å². The van der Waals surface area contributed by atoms with Crippen molar-refractivity contribution in [3.8, 4) is 11.5 Å². The van der Waals surface area contributed by atoms with Crippen LogP contribution in [0.3, 0.4) is 0 Å². The molecule has 1 fully saturated rings. The van der Waals surface area contributed by atoms with E-state index < -0.39 is 0 Å². The minimum atomic E-state index is -0.353. The van der Waals surface area contributed by atoms with Crippen molar-refractivity contribution >= 4 is 5.82 Å². The molecule has 2 aromatic rings. The predicted molar refractivity (Wildman–Crippen MR) is 71.4 cm³/mol. The summed E-state index contributed by atoms with van der Waals surface area (Å²) in [6.07, 6.45) is 3.55. The number of pyridine rings is 1. The van der Waals surface area contributed by atoms with Gasteiger partial charge in [0.25, 0.3) is 0 Å². The zero-order valence-electron chi connectivity index (χ0n) is 10.7. The molecule has 98 valence electrons. The smallest absolute Gasteiger partial charge is 0.180 e. The number of aromatic nitrogens is 3. The maximum atomic E-state index is 12.9. The molecule has 0 atom stereocenters. The van der Waals surface area contributed by atoms with Gasteiger partial charge in [0.15, 0.2) is 5.82 Å². The van der Waals surface area contributed by atoms with E-state index in [0.717, 1.165) is 18.1 Å². The van der Waals surface area contributed by atoms with Gasteiger partial charge >= 0.3 is 0 Å². The fourth-order valence-electron chi connectivity index (χ4n) is 1.95. The third-order valence-corrected chi connectivity index (χ3v) is 3.06. The SMILES string of the molecule is CCNc1cc(C2CC2)nc(-c2ccc(F)cn2)n1. The van der Waals surface area contributed by atoms with Crippen LogP contribution in [0.1, 0.15) is 31.4 Å². The first-order valence-corrected chi connectivity index (χ1v) is 6.51. The minimum Gasteiger partial charge on any atom is -0.370 e. The quantitative estimate of drug-likeness (QED) is 0.916. The Kier molecular flexibility index (Phi) is 3.11. The first-order valence-electron chi connectivity index (χ1n) is 6.51. The average molecular weight is 258 g/mol. The average Bonchev–Trinajstić information content (AvgIpc) is 3.24. The van der Waals surface area contributed by atoms with E-state index in [0.29, 0.717) is 17.4 Å². The Balaban J connectivity index is 2.01. The van der Waals surface area contributed by atoms with E-state index in [-0.39, 0.29) is 5.82 Å². The third kappa shape index (κ3) is 2.70. The summed E-state index contributed by atoms with van der Waals surface area (Å²) in [6.45, 7) is 2.83. The van der Waals surface area contributed by atoms with Gasteiger partial charge in [-0.3, -0.25) is 0 Å². The second kappa shape index (κ2) is 4.91. The Morgan fingerprint density at radius 3 is 2.79 bits per heavy atom. The van der Waals surface area contributed by atoms with Crippen LogP contribution < -0.4 is 5.32 Å². The number of hydrogen-bond acceptors (Lipinski definition) is 4. The Morgan fingerprint density at radius 2 is 2.16 bits per heavy atom. The van der Waals surface area contributed by atoms with Crippen molar-refractivity contribution in [1.29, 1.82) is 0 Å². The van der Waals surface area contributed by atoms with E-state index in [1.807, 2.05) is 13.0 Å². The summed E-state index contributed by atoms with van der Waals surface area (Å²) >= 11 is 0. The highest BCUT2D eigenvalue weighted by molar-refractivity contribution is 5.53. The van der Waals surface area contributed by atoms with Crippen LogP contribution in [0, 0.1) is 5.82 Å². The molecular weight excluding hydrogens is 243 g/mol. The molecule has 0 aliphatic heterocycles. The van der Waals surface area contributed by atoms with Gasteiger partial charge in [-0.2, -0.15) is 0 Å². The van der Waals surface area contributed by atoms with Crippen LogP contribution in [-0.2, 0) is 0 Å². The standard InChI is InChI=1S/C14H15FN4/c1-2-16-13-7-12(9-3-4-9)18-14(19-13)11-6-5-10(15)8-17-11/h5-9H,2-4H2,1H3,(H,16,18,19). The van der Waals surface area contributed by atoms with Crippen LogP contribution in [0.4, 0.5) is 10.2 Å². The molecule has 0 amide bonds. The largest absolute Gasteiger partial charge is 0.370 e. The lowest BCUT2D eigenvalue weighted by molar-refractivity contribution is 0.621. The van der Waals surface area contributed by atoms with Crippen LogP contribution in [0.25, 0.3) is 11.5 Å². The monoisotopic (exact) mass is 258 g/mol. The summed E-state index contributed by atoms with van der Waals surface area (Å²) in [4.78, 5) is 13.0. The van der Waals surface area contributed by atoms with Crippen LogP contribution >= 0.6 is 0 Å². The zero-order valence-corrected chi connectivity index (χ0v) is 10.7. The Bertz CT molecular complexity index is 578. The van der Waals surface area contributed by atoms with Gasteiger partial charge in [-0.1, -0.05) is 0 Å². The molecule has 3 rings (SSSR count). The van der Waals surface area contributed by atoms with Gasteiger partial charge < -0.3 is 5.32 Å². The van der Waals surface area contributed by atoms with E-state index in [1.165, 1.54) is 25.1 Å². The highest BCUT2D eigenvalue weighted by atomic mass is 19.1. The number of rotatable bonds is 4. The summed E-state index contributed by atoms with van der Waals surface area (Å²) < 4.78 is 12.9. The van der Waals surface area contributed by atoms with Crippen LogP contribution in [0.5, 0.6) is 0 Å². The zero-order chi connectivity index (χ0) is 13.2. The molecule has 0 spiro atoms.